The zero-order valence-electron chi connectivity index (χ0n) is 11.9. The number of aromatic nitrogens is 1. The standard InChI is InChI=1S/C15H18F3NO/c1-9(2)19-12-8-11(15(16,17)18)6-5-10(12)7-13(19)14(3,4)20/h5-9,20H,1-4H3. The van der Waals surface area contributed by atoms with Crippen LogP contribution in [0.2, 0.25) is 0 Å². The third-order valence-electron chi connectivity index (χ3n) is 3.31. The van der Waals surface area contributed by atoms with Gasteiger partial charge in [-0.2, -0.15) is 13.2 Å². The van der Waals surface area contributed by atoms with Crippen LogP contribution in [0.5, 0.6) is 0 Å². The summed E-state index contributed by atoms with van der Waals surface area (Å²) in [7, 11) is 0. The first kappa shape index (κ1) is 14.9. The Morgan fingerprint density at radius 3 is 2.15 bits per heavy atom. The zero-order valence-corrected chi connectivity index (χ0v) is 11.9. The van der Waals surface area contributed by atoms with Crippen LogP contribution in [0, 0.1) is 0 Å². The number of aliphatic hydroxyl groups is 1. The molecule has 0 amide bonds. The highest BCUT2D eigenvalue weighted by atomic mass is 19.4. The van der Waals surface area contributed by atoms with E-state index in [9.17, 15) is 18.3 Å². The molecule has 0 fully saturated rings. The summed E-state index contributed by atoms with van der Waals surface area (Å²) in [4.78, 5) is 0. The normalized spacial score (nSPS) is 13.4. The summed E-state index contributed by atoms with van der Waals surface area (Å²) < 4.78 is 40.2. The third kappa shape index (κ3) is 2.54. The molecule has 110 valence electrons. The van der Waals surface area contributed by atoms with Crippen molar-refractivity contribution in [2.24, 2.45) is 0 Å². The lowest BCUT2D eigenvalue weighted by Gasteiger charge is -2.23. The number of benzene rings is 1. The number of hydrogen-bond donors (Lipinski definition) is 1. The Bertz CT molecular complexity index is 633. The van der Waals surface area contributed by atoms with Gasteiger partial charge in [-0.15, -0.1) is 0 Å². The predicted octanol–water partition coefficient (Wildman–Crippen LogP) is 4.47. The van der Waals surface area contributed by atoms with Crippen molar-refractivity contribution in [2.75, 3.05) is 0 Å². The topological polar surface area (TPSA) is 25.2 Å². The first-order valence-electron chi connectivity index (χ1n) is 6.47. The average molecular weight is 285 g/mol. The molecule has 20 heavy (non-hydrogen) atoms. The maximum atomic E-state index is 12.8. The Labute approximate surface area is 115 Å². The molecule has 1 aromatic carbocycles. The van der Waals surface area contributed by atoms with E-state index in [1.165, 1.54) is 6.07 Å². The molecule has 0 aliphatic carbocycles. The van der Waals surface area contributed by atoms with Crippen molar-refractivity contribution in [1.29, 1.82) is 0 Å². The smallest absolute Gasteiger partial charge is 0.384 e. The van der Waals surface area contributed by atoms with Crippen LogP contribution < -0.4 is 0 Å². The summed E-state index contributed by atoms with van der Waals surface area (Å²) in [6, 6.07) is 5.37. The van der Waals surface area contributed by atoms with Crippen molar-refractivity contribution in [3.05, 3.63) is 35.5 Å². The molecule has 2 aromatic rings. The van der Waals surface area contributed by atoms with Crippen molar-refractivity contribution >= 4 is 10.9 Å². The van der Waals surface area contributed by atoms with Crippen LogP contribution in [-0.2, 0) is 11.8 Å². The van der Waals surface area contributed by atoms with Crippen LogP contribution in [0.1, 0.15) is 45.0 Å². The van der Waals surface area contributed by atoms with Gasteiger partial charge >= 0.3 is 6.18 Å². The summed E-state index contributed by atoms with van der Waals surface area (Å²) in [6.07, 6.45) is -4.37. The second kappa shape index (κ2) is 4.52. The Morgan fingerprint density at radius 2 is 1.70 bits per heavy atom. The van der Waals surface area contributed by atoms with Gasteiger partial charge in [0.05, 0.1) is 16.9 Å². The fourth-order valence-electron chi connectivity index (χ4n) is 2.43. The van der Waals surface area contributed by atoms with Crippen molar-refractivity contribution in [3.63, 3.8) is 0 Å². The lowest BCUT2D eigenvalue weighted by molar-refractivity contribution is -0.137. The minimum atomic E-state index is -4.37. The summed E-state index contributed by atoms with van der Waals surface area (Å²) in [5.74, 6) is 0. The van der Waals surface area contributed by atoms with E-state index >= 15 is 0 Å². The first-order valence-corrected chi connectivity index (χ1v) is 6.47. The maximum absolute atomic E-state index is 12.8. The van der Waals surface area contributed by atoms with Gasteiger partial charge in [-0.05, 0) is 45.9 Å². The van der Waals surface area contributed by atoms with Gasteiger partial charge in [0.25, 0.3) is 0 Å². The van der Waals surface area contributed by atoms with Gasteiger partial charge in [0, 0.05) is 16.9 Å². The fraction of sp³-hybridized carbons (Fsp3) is 0.467. The molecule has 1 N–H and O–H groups in total. The summed E-state index contributed by atoms with van der Waals surface area (Å²) in [5.41, 5.74) is -0.678. The predicted molar refractivity (Wildman–Crippen MR) is 72.6 cm³/mol. The van der Waals surface area contributed by atoms with E-state index in [-0.39, 0.29) is 6.04 Å². The first-order chi connectivity index (χ1) is 9.01. The lowest BCUT2D eigenvalue weighted by atomic mass is 10.0. The molecule has 1 aromatic heterocycles. The van der Waals surface area contributed by atoms with Crippen LogP contribution in [0.15, 0.2) is 24.3 Å². The summed E-state index contributed by atoms with van der Waals surface area (Å²) in [5, 5.41) is 10.9. The molecular weight excluding hydrogens is 267 g/mol. The molecule has 0 spiro atoms. The Kier molecular flexibility index (Phi) is 3.37. The fourth-order valence-corrected chi connectivity index (χ4v) is 2.43. The van der Waals surface area contributed by atoms with E-state index in [0.29, 0.717) is 16.6 Å². The molecule has 0 saturated heterocycles. The Hall–Kier alpha value is -1.49. The molecule has 2 rings (SSSR count). The number of fused-ring (bicyclic) bond motifs is 1. The average Bonchev–Trinajstić information content (AvgIpc) is 2.65. The Balaban J connectivity index is 2.78. The van der Waals surface area contributed by atoms with Gasteiger partial charge in [0.15, 0.2) is 0 Å². The van der Waals surface area contributed by atoms with Crippen molar-refractivity contribution in [1.82, 2.24) is 4.57 Å². The molecular formula is C15H18F3NO. The Morgan fingerprint density at radius 1 is 1.10 bits per heavy atom. The molecule has 0 aliphatic heterocycles. The molecule has 0 atom stereocenters. The van der Waals surface area contributed by atoms with Gasteiger partial charge in [-0.1, -0.05) is 6.07 Å². The molecule has 0 unspecified atom stereocenters. The highest BCUT2D eigenvalue weighted by Gasteiger charge is 2.32. The largest absolute Gasteiger partial charge is 0.416 e. The van der Waals surface area contributed by atoms with Gasteiger partial charge in [-0.3, -0.25) is 0 Å². The number of rotatable bonds is 2. The highest BCUT2D eigenvalue weighted by molar-refractivity contribution is 5.82. The minimum absolute atomic E-state index is 0.0441. The number of halogens is 3. The second-order valence-corrected chi connectivity index (χ2v) is 5.82. The van der Waals surface area contributed by atoms with Crippen LogP contribution in [0.4, 0.5) is 13.2 Å². The van der Waals surface area contributed by atoms with Crippen LogP contribution in [0.3, 0.4) is 0 Å². The third-order valence-corrected chi connectivity index (χ3v) is 3.31. The molecule has 0 aliphatic rings. The van der Waals surface area contributed by atoms with E-state index < -0.39 is 17.3 Å². The van der Waals surface area contributed by atoms with E-state index in [4.69, 9.17) is 0 Å². The number of alkyl halides is 3. The van der Waals surface area contributed by atoms with Crippen LogP contribution in [0.25, 0.3) is 10.9 Å². The number of nitrogens with zero attached hydrogens (tertiary/aromatic N) is 1. The van der Waals surface area contributed by atoms with Crippen LogP contribution in [-0.4, -0.2) is 9.67 Å². The van der Waals surface area contributed by atoms with Gasteiger partial charge in [0.1, 0.15) is 0 Å². The zero-order chi connectivity index (χ0) is 15.3. The SMILES string of the molecule is CC(C)n1c(C(C)(C)O)cc2ccc(C(F)(F)F)cc21. The van der Waals surface area contributed by atoms with E-state index in [0.717, 1.165) is 12.1 Å². The maximum Gasteiger partial charge on any atom is 0.416 e. The molecule has 2 nitrogen and oxygen atoms in total. The summed E-state index contributed by atoms with van der Waals surface area (Å²) in [6.45, 7) is 7.03. The van der Waals surface area contributed by atoms with Crippen LogP contribution >= 0.6 is 0 Å². The van der Waals surface area contributed by atoms with E-state index in [2.05, 4.69) is 0 Å². The molecule has 0 saturated carbocycles. The van der Waals surface area contributed by atoms with Crippen molar-refractivity contribution < 1.29 is 18.3 Å². The molecule has 1 heterocycles. The molecule has 0 bridgehead atoms. The minimum Gasteiger partial charge on any atom is -0.384 e. The van der Waals surface area contributed by atoms with Crippen molar-refractivity contribution in [2.45, 2.75) is 45.5 Å². The number of hydrogen-bond acceptors (Lipinski definition) is 1. The lowest BCUT2D eigenvalue weighted by Crippen LogP contribution is -2.21. The van der Waals surface area contributed by atoms with Gasteiger partial charge in [-0.25, -0.2) is 0 Å². The van der Waals surface area contributed by atoms with E-state index in [1.807, 2.05) is 13.8 Å². The van der Waals surface area contributed by atoms with E-state index in [1.54, 1.807) is 24.5 Å². The quantitative estimate of drug-likeness (QED) is 0.865. The monoisotopic (exact) mass is 285 g/mol. The second-order valence-electron chi connectivity index (χ2n) is 5.82. The molecule has 0 radical (unpaired) electrons. The summed E-state index contributed by atoms with van der Waals surface area (Å²) >= 11 is 0. The molecule has 5 heteroatoms. The van der Waals surface area contributed by atoms with Gasteiger partial charge in [0.2, 0.25) is 0 Å². The van der Waals surface area contributed by atoms with Gasteiger partial charge < -0.3 is 9.67 Å². The van der Waals surface area contributed by atoms with Crippen molar-refractivity contribution in [3.8, 4) is 0 Å². The highest BCUT2D eigenvalue weighted by Crippen LogP contribution is 2.35.